The molecule has 1 aliphatic carbocycles. The van der Waals surface area contributed by atoms with Crippen molar-refractivity contribution in [2.45, 2.75) is 32.2 Å². The first-order valence-electron chi connectivity index (χ1n) is 7.01. The zero-order valence-electron chi connectivity index (χ0n) is 11.5. The van der Waals surface area contributed by atoms with Crippen molar-refractivity contribution < 1.29 is 4.74 Å². The summed E-state index contributed by atoms with van der Waals surface area (Å²) in [6.45, 7) is 2.25. The molecule has 0 radical (unpaired) electrons. The van der Waals surface area contributed by atoms with E-state index in [2.05, 4.69) is 23.3 Å². The fourth-order valence-corrected chi connectivity index (χ4v) is 2.76. The Labute approximate surface area is 114 Å². The molecule has 1 fully saturated rings. The molecule has 3 nitrogen and oxygen atoms in total. The third-order valence-electron chi connectivity index (χ3n) is 3.89. The molecule has 1 N–H and O–H groups in total. The number of methoxy groups -OCH3 is 1. The highest BCUT2D eigenvalue weighted by Gasteiger charge is 2.36. The average Bonchev–Trinajstić information content (AvgIpc) is 3.17. The fraction of sp³-hybridized carbons (Fsp3) is 0.438. The summed E-state index contributed by atoms with van der Waals surface area (Å²) in [5.74, 6) is 2.72. The first-order valence-corrected chi connectivity index (χ1v) is 7.01. The molecule has 3 heteroatoms. The third-order valence-corrected chi connectivity index (χ3v) is 3.89. The molecule has 3 rings (SSSR count). The van der Waals surface area contributed by atoms with E-state index in [1.54, 1.807) is 7.11 Å². The van der Waals surface area contributed by atoms with Crippen LogP contribution in [0.1, 0.15) is 26.2 Å². The summed E-state index contributed by atoms with van der Waals surface area (Å²) in [7, 11) is 1.71. The van der Waals surface area contributed by atoms with Gasteiger partial charge in [-0.05, 0) is 30.9 Å². The summed E-state index contributed by atoms with van der Waals surface area (Å²) in [6.07, 6.45) is 5.70. The maximum Gasteiger partial charge on any atom is 0.134 e. The van der Waals surface area contributed by atoms with Crippen LogP contribution in [-0.2, 0) is 0 Å². The molecule has 2 atom stereocenters. The molecule has 0 saturated heterocycles. The molecular formula is C16H20N2O. The average molecular weight is 256 g/mol. The van der Waals surface area contributed by atoms with Crippen molar-refractivity contribution in [3.8, 4) is 5.75 Å². The summed E-state index contributed by atoms with van der Waals surface area (Å²) in [5, 5.41) is 5.84. The number of hydrogen-bond acceptors (Lipinski definition) is 3. The molecule has 1 aromatic heterocycles. The molecule has 2 aromatic rings. The zero-order valence-corrected chi connectivity index (χ0v) is 11.5. The van der Waals surface area contributed by atoms with E-state index in [4.69, 9.17) is 4.74 Å². The second kappa shape index (κ2) is 5.08. The normalized spacial score (nSPS) is 21.4. The Kier molecular flexibility index (Phi) is 3.28. The van der Waals surface area contributed by atoms with Crippen molar-refractivity contribution in [2.24, 2.45) is 5.92 Å². The van der Waals surface area contributed by atoms with Gasteiger partial charge in [0.25, 0.3) is 0 Å². The summed E-state index contributed by atoms with van der Waals surface area (Å²) in [5.41, 5.74) is 0. The molecule has 1 aromatic carbocycles. The number of rotatable bonds is 5. The van der Waals surface area contributed by atoms with Gasteiger partial charge in [0.15, 0.2) is 0 Å². The van der Waals surface area contributed by atoms with Crippen LogP contribution in [-0.4, -0.2) is 18.1 Å². The number of fused-ring (bicyclic) bond motifs is 1. The molecule has 0 aliphatic heterocycles. The van der Waals surface area contributed by atoms with Gasteiger partial charge in [0.2, 0.25) is 0 Å². The molecule has 0 spiro atoms. The number of aromatic nitrogens is 1. The van der Waals surface area contributed by atoms with Crippen molar-refractivity contribution in [1.82, 2.24) is 4.98 Å². The van der Waals surface area contributed by atoms with Gasteiger partial charge in [-0.25, -0.2) is 4.98 Å². The zero-order chi connectivity index (χ0) is 13.2. The number of pyridine rings is 1. The Morgan fingerprint density at radius 3 is 3.00 bits per heavy atom. The van der Waals surface area contributed by atoms with E-state index in [1.165, 1.54) is 19.3 Å². The van der Waals surface area contributed by atoms with E-state index < -0.39 is 0 Å². The lowest BCUT2D eigenvalue weighted by atomic mass is 10.1. The Bertz CT molecular complexity index is 582. The number of nitrogens with one attached hydrogen (secondary N) is 1. The second-order valence-corrected chi connectivity index (χ2v) is 5.25. The minimum absolute atomic E-state index is 0.601. The van der Waals surface area contributed by atoms with Gasteiger partial charge in [-0.15, -0.1) is 0 Å². The van der Waals surface area contributed by atoms with Crippen LogP contribution >= 0.6 is 0 Å². The van der Waals surface area contributed by atoms with Crippen LogP contribution in [0.5, 0.6) is 5.75 Å². The van der Waals surface area contributed by atoms with Gasteiger partial charge in [-0.2, -0.15) is 0 Å². The minimum Gasteiger partial charge on any atom is -0.496 e. The van der Waals surface area contributed by atoms with Crippen molar-refractivity contribution in [3.05, 3.63) is 30.5 Å². The van der Waals surface area contributed by atoms with Crippen LogP contribution in [0.25, 0.3) is 10.8 Å². The van der Waals surface area contributed by atoms with Crippen LogP contribution in [0.4, 0.5) is 5.82 Å². The molecule has 0 bridgehead atoms. The highest BCUT2D eigenvalue weighted by Crippen LogP contribution is 2.38. The SMILES string of the molecule is CCCC1CC1Nc1nccc2c(OC)cccc12. The largest absolute Gasteiger partial charge is 0.496 e. The smallest absolute Gasteiger partial charge is 0.134 e. The van der Waals surface area contributed by atoms with E-state index >= 15 is 0 Å². The summed E-state index contributed by atoms with van der Waals surface area (Å²) < 4.78 is 5.41. The summed E-state index contributed by atoms with van der Waals surface area (Å²) >= 11 is 0. The predicted molar refractivity (Wildman–Crippen MR) is 78.7 cm³/mol. The van der Waals surface area contributed by atoms with Crippen molar-refractivity contribution >= 4 is 16.6 Å². The molecule has 19 heavy (non-hydrogen) atoms. The van der Waals surface area contributed by atoms with Gasteiger partial charge in [0.1, 0.15) is 11.6 Å². The number of hydrogen-bond donors (Lipinski definition) is 1. The minimum atomic E-state index is 0.601. The molecule has 0 amide bonds. The molecular weight excluding hydrogens is 236 g/mol. The van der Waals surface area contributed by atoms with Gasteiger partial charge in [-0.1, -0.05) is 25.5 Å². The summed E-state index contributed by atoms with van der Waals surface area (Å²) in [4.78, 5) is 4.49. The van der Waals surface area contributed by atoms with Crippen molar-refractivity contribution in [3.63, 3.8) is 0 Å². The summed E-state index contributed by atoms with van der Waals surface area (Å²) in [6, 6.07) is 8.72. The van der Waals surface area contributed by atoms with E-state index in [9.17, 15) is 0 Å². The van der Waals surface area contributed by atoms with Gasteiger partial charge in [0, 0.05) is 23.0 Å². The topological polar surface area (TPSA) is 34.2 Å². The van der Waals surface area contributed by atoms with Crippen LogP contribution in [0.3, 0.4) is 0 Å². The van der Waals surface area contributed by atoms with Gasteiger partial charge < -0.3 is 10.1 Å². The van der Waals surface area contributed by atoms with Gasteiger partial charge >= 0.3 is 0 Å². The number of ether oxygens (including phenoxy) is 1. The third kappa shape index (κ3) is 2.37. The van der Waals surface area contributed by atoms with Gasteiger partial charge in [-0.3, -0.25) is 0 Å². The van der Waals surface area contributed by atoms with Gasteiger partial charge in [0.05, 0.1) is 7.11 Å². The lowest BCUT2D eigenvalue weighted by Gasteiger charge is -2.10. The maximum absolute atomic E-state index is 5.41. The Morgan fingerprint density at radius 1 is 1.32 bits per heavy atom. The second-order valence-electron chi connectivity index (χ2n) is 5.25. The molecule has 1 aliphatic rings. The number of nitrogens with zero attached hydrogens (tertiary/aromatic N) is 1. The predicted octanol–water partition coefficient (Wildman–Crippen LogP) is 3.84. The lowest BCUT2D eigenvalue weighted by Crippen LogP contribution is -2.06. The fourth-order valence-electron chi connectivity index (χ4n) is 2.76. The molecule has 2 unspecified atom stereocenters. The number of anilines is 1. The molecule has 1 heterocycles. The van der Waals surface area contributed by atoms with Crippen LogP contribution in [0.2, 0.25) is 0 Å². The van der Waals surface area contributed by atoms with Crippen LogP contribution < -0.4 is 10.1 Å². The van der Waals surface area contributed by atoms with E-state index in [0.717, 1.165) is 28.3 Å². The first kappa shape index (κ1) is 12.3. The molecule has 1 saturated carbocycles. The van der Waals surface area contributed by atoms with Crippen molar-refractivity contribution in [1.29, 1.82) is 0 Å². The van der Waals surface area contributed by atoms with Crippen molar-refractivity contribution in [2.75, 3.05) is 12.4 Å². The highest BCUT2D eigenvalue weighted by molar-refractivity contribution is 5.95. The Hall–Kier alpha value is -1.77. The van der Waals surface area contributed by atoms with E-state index in [0.29, 0.717) is 6.04 Å². The molecule has 100 valence electrons. The van der Waals surface area contributed by atoms with E-state index in [1.807, 2.05) is 24.4 Å². The van der Waals surface area contributed by atoms with Crippen LogP contribution in [0.15, 0.2) is 30.5 Å². The highest BCUT2D eigenvalue weighted by atomic mass is 16.5. The maximum atomic E-state index is 5.41. The van der Waals surface area contributed by atoms with Crippen LogP contribution in [0, 0.1) is 5.92 Å². The lowest BCUT2D eigenvalue weighted by molar-refractivity contribution is 0.420. The Balaban J connectivity index is 1.88. The van der Waals surface area contributed by atoms with E-state index in [-0.39, 0.29) is 0 Å². The first-order chi connectivity index (χ1) is 9.33. The monoisotopic (exact) mass is 256 g/mol. The number of benzene rings is 1. The Morgan fingerprint density at radius 2 is 2.21 bits per heavy atom. The quantitative estimate of drug-likeness (QED) is 0.882. The standard InChI is InChI=1S/C16H20N2O/c1-3-5-11-10-14(11)18-16-13-6-4-7-15(19-2)12(13)8-9-17-16/h4,6-9,11,14H,3,5,10H2,1-2H3,(H,17,18).